The fourth-order valence-electron chi connectivity index (χ4n) is 2.03. The zero-order chi connectivity index (χ0) is 15.2. The topological polar surface area (TPSA) is 84.2 Å². The first-order valence-corrected chi connectivity index (χ1v) is 6.61. The molecule has 1 aromatic heterocycles. The molecule has 0 saturated carbocycles. The molecule has 0 radical (unpaired) electrons. The molecule has 1 amide bonds. The molecule has 0 fully saturated rings. The van der Waals surface area contributed by atoms with Gasteiger partial charge in [-0.25, -0.2) is 4.79 Å². The summed E-state index contributed by atoms with van der Waals surface area (Å²) in [7, 11) is 1.80. The number of carboxylic acids is 1. The van der Waals surface area contributed by atoms with E-state index < -0.39 is 12.0 Å². The number of carboxylic acid groups (broad SMARTS) is 1. The summed E-state index contributed by atoms with van der Waals surface area (Å²) in [6.07, 6.45) is 4.28. The Hall–Kier alpha value is -2.63. The summed E-state index contributed by atoms with van der Waals surface area (Å²) >= 11 is 0. The molecule has 0 bridgehead atoms. The monoisotopic (exact) mass is 287 g/mol. The lowest BCUT2D eigenvalue weighted by Crippen LogP contribution is -2.33. The van der Waals surface area contributed by atoms with Crippen LogP contribution in [0.5, 0.6) is 0 Å². The van der Waals surface area contributed by atoms with Crippen molar-refractivity contribution in [1.82, 2.24) is 15.1 Å². The lowest BCUT2D eigenvalue weighted by molar-refractivity contribution is -0.142. The molecule has 6 heteroatoms. The number of hydrogen-bond acceptors (Lipinski definition) is 3. The molecule has 110 valence electrons. The van der Waals surface area contributed by atoms with E-state index >= 15 is 0 Å². The highest BCUT2D eigenvalue weighted by molar-refractivity contribution is 5.84. The molecule has 1 heterocycles. The van der Waals surface area contributed by atoms with Crippen LogP contribution >= 0.6 is 0 Å². The molecule has 2 rings (SSSR count). The third kappa shape index (κ3) is 4.17. The highest BCUT2D eigenvalue weighted by atomic mass is 16.4. The molecule has 0 aliphatic carbocycles. The van der Waals surface area contributed by atoms with Gasteiger partial charge in [0.05, 0.1) is 6.20 Å². The summed E-state index contributed by atoms with van der Waals surface area (Å²) in [6, 6.07) is 7.63. The van der Waals surface area contributed by atoms with Crippen LogP contribution in [0.25, 0.3) is 0 Å². The second-order valence-electron chi connectivity index (χ2n) is 4.77. The Bertz CT molecular complexity index is 622. The summed E-state index contributed by atoms with van der Waals surface area (Å²) < 4.78 is 1.66. The van der Waals surface area contributed by atoms with Gasteiger partial charge in [-0.2, -0.15) is 5.10 Å². The van der Waals surface area contributed by atoms with E-state index in [4.69, 9.17) is 0 Å². The number of carbonyl (C=O) groups is 2. The van der Waals surface area contributed by atoms with Crippen molar-refractivity contribution >= 4 is 11.9 Å². The molecule has 1 atom stereocenters. The van der Waals surface area contributed by atoms with E-state index in [9.17, 15) is 14.7 Å². The van der Waals surface area contributed by atoms with E-state index in [0.717, 1.165) is 5.56 Å². The average molecular weight is 287 g/mol. The summed E-state index contributed by atoms with van der Waals surface area (Å²) in [5.41, 5.74) is 1.50. The van der Waals surface area contributed by atoms with Gasteiger partial charge in [-0.1, -0.05) is 30.3 Å². The maximum absolute atomic E-state index is 11.9. The number of aromatic nitrogens is 2. The van der Waals surface area contributed by atoms with Crippen molar-refractivity contribution in [2.75, 3.05) is 0 Å². The minimum absolute atomic E-state index is 0.225. The van der Waals surface area contributed by atoms with Gasteiger partial charge in [0.1, 0.15) is 0 Å². The van der Waals surface area contributed by atoms with Crippen molar-refractivity contribution in [1.29, 1.82) is 0 Å². The maximum atomic E-state index is 11.9. The lowest BCUT2D eigenvalue weighted by Gasteiger charge is -2.14. The molecule has 1 aromatic carbocycles. The molecule has 2 aromatic rings. The van der Waals surface area contributed by atoms with E-state index in [2.05, 4.69) is 10.4 Å². The van der Waals surface area contributed by atoms with E-state index in [1.54, 1.807) is 48.3 Å². The van der Waals surface area contributed by atoms with E-state index in [0.29, 0.717) is 12.0 Å². The fourth-order valence-corrected chi connectivity index (χ4v) is 2.03. The summed E-state index contributed by atoms with van der Waals surface area (Å²) in [6.45, 7) is 0. The van der Waals surface area contributed by atoms with Crippen molar-refractivity contribution in [3.05, 3.63) is 53.9 Å². The molecule has 0 spiro atoms. The predicted octanol–water partition coefficient (Wildman–Crippen LogP) is 1.29. The molecule has 2 N–H and O–H groups in total. The number of carbonyl (C=O) groups excluding carboxylic acids is 1. The highest BCUT2D eigenvalue weighted by Crippen LogP contribution is 2.13. The molecule has 21 heavy (non-hydrogen) atoms. The van der Waals surface area contributed by atoms with Gasteiger partial charge in [0, 0.05) is 19.7 Å². The Kier molecular flexibility index (Phi) is 4.71. The molecule has 0 aliphatic rings. The zero-order valence-electron chi connectivity index (χ0n) is 11.7. The first-order valence-electron chi connectivity index (χ1n) is 6.61. The number of benzene rings is 1. The molecule has 1 unspecified atom stereocenters. The van der Waals surface area contributed by atoms with Gasteiger partial charge in [-0.15, -0.1) is 0 Å². The standard InChI is InChI=1S/C15H17N3O3/c1-18-10-11(9-16-18)7-8-13(19)17-14(15(20)21)12-5-3-2-4-6-12/h2-6,9-10,14H,7-8H2,1H3,(H,17,19)(H,20,21). The van der Waals surface area contributed by atoms with E-state index in [1.807, 2.05) is 6.20 Å². The SMILES string of the molecule is Cn1cc(CCC(=O)NC(C(=O)O)c2ccccc2)cn1. The number of rotatable bonds is 6. The van der Waals surface area contributed by atoms with Gasteiger partial charge >= 0.3 is 5.97 Å². The van der Waals surface area contributed by atoms with Crippen LogP contribution in [-0.2, 0) is 23.1 Å². The smallest absolute Gasteiger partial charge is 0.330 e. The summed E-state index contributed by atoms with van der Waals surface area (Å²) in [5, 5.41) is 15.8. The van der Waals surface area contributed by atoms with Gasteiger partial charge in [0.25, 0.3) is 0 Å². The Balaban J connectivity index is 1.94. The third-order valence-electron chi connectivity index (χ3n) is 3.08. The summed E-state index contributed by atoms with van der Waals surface area (Å²) in [4.78, 5) is 23.2. The average Bonchev–Trinajstić information content (AvgIpc) is 2.89. The number of nitrogens with one attached hydrogen (secondary N) is 1. The minimum Gasteiger partial charge on any atom is -0.479 e. The van der Waals surface area contributed by atoms with Crippen molar-refractivity contribution in [3.8, 4) is 0 Å². The second kappa shape index (κ2) is 6.69. The van der Waals surface area contributed by atoms with E-state index in [1.165, 1.54) is 0 Å². The first kappa shape index (κ1) is 14.8. The fraction of sp³-hybridized carbons (Fsp3) is 0.267. The van der Waals surface area contributed by atoms with Crippen molar-refractivity contribution in [3.63, 3.8) is 0 Å². The summed E-state index contributed by atoms with van der Waals surface area (Å²) in [5.74, 6) is -1.37. The third-order valence-corrected chi connectivity index (χ3v) is 3.08. The van der Waals surface area contributed by atoms with Gasteiger partial charge in [-0.05, 0) is 17.5 Å². The normalized spacial score (nSPS) is 11.9. The molecule has 0 saturated heterocycles. The van der Waals surface area contributed by atoms with Crippen LogP contribution in [0.3, 0.4) is 0 Å². The van der Waals surface area contributed by atoms with Crippen LogP contribution in [-0.4, -0.2) is 26.8 Å². The Morgan fingerprint density at radius 2 is 2.05 bits per heavy atom. The van der Waals surface area contributed by atoms with Crippen LogP contribution in [0.1, 0.15) is 23.6 Å². The van der Waals surface area contributed by atoms with Crippen molar-refractivity contribution < 1.29 is 14.7 Å². The Labute approximate surface area is 122 Å². The van der Waals surface area contributed by atoms with Crippen LogP contribution in [0.2, 0.25) is 0 Å². The van der Waals surface area contributed by atoms with Crippen LogP contribution in [0.4, 0.5) is 0 Å². The number of aliphatic carboxylic acids is 1. The number of amides is 1. The molecule has 0 aliphatic heterocycles. The van der Waals surface area contributed by atoms with Crippen LogP contribution < -0.4 is 5.32 Å². The molecular weight excluding hydrogens is 270 g/mol. The predicted molar refractivity (Wildman–Crippen MR) is 76.5 cm³/mol. The number of aryl methyl sites for hydroxylation is 2. The van der Waals surface area contributed by atoms with E-state index in [-0.39, 0.29) is 12.3 Å². The lowest BCUT2D eigenvalue weighted by atomic mass is 10.1. The minimum atomic E-state index is -1.07. The van der Waals surface area contributed by atoms with Gasteiger partial charge in [0.15, 0.2) is 6.04 Å². The quantitative estimate of drug-likeness (QED) is 0.838. The van der Waals surface area contributed by atoms with Gasteiger partial charge < -0.3 is 10.4 Å². The van der Waals surface area contributed by atoms with Crippen LogP contribution in [0, 0.1) is 0 Å². The molecular formula is C15H17N3O3. The Morgan fingerprint density at radius 1 is 1.33 bits per heavy atom. The highest BCUT2D eigenvalue weighted by Gasteiger charge is 2.21. The van der Waals surface area contributed by atoms with Gasteiger partial charge in [-0.3, -0.25) is 9.48 Å². The van der Waals surface area contributed by atoms with Crippen molar-refractivity contribution in [2.45, 2.75) is 18.9 Å². The van der Waals surface area contributed by atoms with Crippen molar-refractivity contribution in [2.24, 2.45) is 7.05 Å². The second-order valence-corrected chi connectivity index (χ2v) is 4.77. The molecule has 6 nitrogen and oxygen atoms in total. The van der Waals surface area contributed by atoms with Crippen LogP contribution in [0.15, 0.2) is 42.7 Å². The first-order chi connectivity index (χ1) is 10.1. The zero-order valence-corrected chi connectivity index (χ0v) is 11.7. The number of hydrogen-bond donors (Lipinski definition) is 2. The Morgan fingerprint density at radius 3 is 2.62 bits per heavy atom. The number of nitrogens with zero attached hydrogens (tertiary/aromatic N) is 2. The largest absolute Gasteiger partial charge is 0.479 e. The maximum Gasteiger partial charge on any atom is 0.330 e. The van der Waals surface area contributed by atoms with Gasteiger partial charge in [0.2, 0.25) is 5.91 Å².